The fourth-order valence-corrected chi connectivity index (χ4v) is 5.23. The quantitative estimate of drug-likeness (QED) is 0.617. The molecule has 2 heterocycles. The van der Waals surface area contributed by atoms with E-state index in [0.29, 0.717) is 18.7 Å². The Morgan fingerprint density at radius 3 is 2.52 bits per heavy atom. The Balaban J connectivity index is 1.38. The van der Waals surface area contributed by atoms with Gasteiger partial charge in [0.05, 0.1) is 28.5 Å². The first-order chi connectivity index (χ1) is 14.8. The smallest absolute Gasteiger partial charge is 0.319 e. The van der Waals surface area contributed by atoms with E-state index in [1.165, 1.54) is 4.31 Å². The van der Waals surface area contributed by atoms with E-state index in [-0.39, 0.29) is 12.3 Å². The van der Waals surface area contributed by atoms with Crippen molar-refractivity contribution in [3.63, 3.8) is 0 Å². The van der Waals surface area contributed by atoms with Gasteiger partial charge in [-0.1, -0.05) is 30.3 Å². The molecule has 9 heteroatoms. The van der Waals surface area contributed by atoms with Gasteiger partial charge >= 0.3 is 6.03 Å². The monoisotopic (exact) mass is 439 g/mol. The van der Waals surface area contributed by atoms with Crippen LogP contribution in [0.1, 0.15) is 17.0 Å². The molecule has 0 saturated carbocycles. The lowest BCUT2D eigenvalue weighted by Gasteiger charge is -2.19. The molecule has 31 heavy (non-hydrogen) atoms. The first-order valence-corrected chi connectivity index (χ1v) is 11.7. The van der Waals surface area contributed by atoms with Gasteiger partial charge in [0, 0.05) is 18.8 Å². The maximum Gasteiger partial charge on any atom is 0.319 e. The van der Waals surface area contributed by atoms with Crippen molar-refractivity contribution in [3.8, 4) is 5.69 Å². The largest absolute Gasteiger partial charge is 0.337 e. The number of hydrogen-bond donors (Lipinski definition) is 2. The van der Waals surface area contributed by atoms with Crippen LogP contribution in [0.2, 0.25) is 0 Å². The Morgan fingerprint density at radius 1 is 1.06 bits per heavy atom. The minimum absolute atomic E-state index is 0.00884. The molecule has 0 saturated heterocycles. The number of aryl methyl sites for hydroxylation is 2. The number of nitrogens with one attached hydrogen (secondary N) is 2. The fraction of sp³-hybridized carbons (Fsp3) is 0.273. The highest BCUT2D eigenvalue weighted by molar-refractivity contribution is 7.92. The molecule has 0 spiro atoms. The van der Waals surface area contributed by atoms with Gasteiger partial charge in [-0.3, -0.25) is 4.31 Å². The lowest BCUT2D eigenvalue weighted by Crippen LogP contribution is -2.38. The summed E-state index contributed by atoms with van der Waals surface area (Å²) < 4.78 is 28.7. The summed E-state index contributed by atoms with van der Waals surface area (Å²) in [6, 6.07) is 16.3. The summed E-state index contributed by atoms with van der Waals surface area (Å²) >= 11 is 0. The van der Waals surface area contributed by atoms with E-state index in [2.05, 4.69) is 15.7 Å². The SMILES string of the molecule is Cc1cc(C)n(-c2ccccc2NC(=O)NCCS(=O)(=O)N2CCc3ccccc32)n1. The number of benzene rings is 2. The molecule has 1 aromatic heterocycles. The molecule has 3 aromatic rings. The van der Waals surface area contributed by atoms with Crippen LogP contribution >= 0.6 is 0 Å². The molecular weight excluding hydrogens is 414 g/mol. The second kappa shape index (κ2) is 8.43. The number of amides is 2. The molecule has 162 valence electrons. The topological polar surface area (TPSA) is 96.3 Å². The zero-order valence-corrected chi connectivity index (χ0v) is 18.3. The second-order valence-electron chi connectivity index (χ2n) is 7.50. The number of rotatable bonds is 6. The maximum absolute atomic E-state index is 12.8. The van der Waals surface area contributed by atoms with Gasteiger partial charge in [-0.25, -0.2) is 17.9 Å². The van der Waals surface area contributed by atoms with E-state index in [4.69, 9.17) is 0 Å². The Labute approximate surface area is 181 Å². The minimum atomic E-state index is -3.52. The molecule has 1 aliphatic heterocycles. The number of urea groups is 1. The van der Waals surface area contributed by atoms with E-state index >= 15 is 0 Å². The van der Waals surface area contributed by atoms with E-state index in [9.17, 15) is 13.2 Å². The molecule has 0 unspecified atom stereocenters. The normalized spacial score (nSPS) is 13.2. The summed E-state index contributed by atoms with van der Waals surface area (Å²) in [6.07, 6.45) is 0.701. The van der Waals surface area contributed by atoms with Crippen LogP contribution in [0.25, 0.3) is 5.69 Å². The molecule has 0 atom stereocenters. The van der Waals surface area contributed by atoms with Crippen LogP contribution in [0.15, 0.2) is 54.6 Å². The highest BCUT2D eigenvalue weighted by Crippen LogP contribution is 2.29. The second-order valence-corrected chi connectivity index (χ2v) is 9.52. The Morgan fingerprint density at radius 2 is 1.77 bits per heavy atom. The van der Waals surface area contributed by atoms with Crippen LogP contribution in [-0.2, 0) is 16.4 Å². The molecule has 2 aromatic carbocycles. The van der Waals surface area contributed by atoms with E-state index in [1.54, 1.807) is 10.7 Å². The van der Waals surface area contributed by atoms with Crippen LogP contribution in [0.5, 0.6) is 0 Å². The molecule has 0 bridgehead atoms. The Kier molecular flexibility index (Phi) is 5.69. The molecule has 2 N–H and O–H groups in total. The van der Waals surface area contributed by atoms with Gasteiger partial charge in [0.15, 0.2) is 0 Å². The number of sulfonamides is 1. The molecule has 1 aliphatic rings. The van der Waals surface area contributed by atoms with E-state index < -0.39 is 16.1 Å². The third-order valence-electron chi connectivity index (χ3n) is 5.22. The summed E-state index contributed by atoms with van der Waals surface area (Å²) in [5, 5.41) is 9.91. The lowest BCUT2D eigenvalue weighted by molar-refractivity contribution is 0.252. The summed E-state index contributed by atoms with van der Waals surface area (Å²) in [4.78, 5) is 12.4. The van der Waals surface area contributed by atoms with Gasteiger partial charge < -0.3 is 10.6 Å². The van der Waals surface area contributed by atoms with Crippen molar-refractivity contribution in [2.75, 3.05) is 28.5 Å². The number of nitrogens with zero attached hydrogens (tertiary/aromatic N) is 3. The average Bonchev–Trinajstić information content (AvgIpc) is 3.31. The van der Waals surface area contributed by atoms with Gasteiger partial charge in [-0.05, 0) is 50.1 Å². The summed E-state index contributed by atoms with van der Waals surface area (Å²) in [6.45, 7) is 4.29. The van der Waals surface area contributed by atoms with Crippen molar-refractivity contribution in [1.29, 1.82) is 0 Å². The van der Waals surface area contributed by atoms with Gasteiger partial charge in [0.2, 0.25) is 10.0 Å². The first-order valence-electron chi connectivity index (χ1n) is 10.1. The van der Waals surface area contributed by atoms with Crippen molar-refractivity contribution in [2.45, 2.75) is 20.3 Å². The first kappa shape index (κ1) is 20.9. The van der Waals surface area contributed by atoms with Crippen molar-refractivity contribution < 1.29 is 13.2 Å². The lowest BCUT2D eigenvalue weighted by atomic mass is 10.2. The van der Waals surface area contributed by atoms with Gasteiger partial charge in [0.1, 0.15) is 0 Å². The molecule has 2 amide bonds. The highest BCUT2D eigenvalue weighted by Gasteiger charge is 2.28. The predicted molar refractivity (Wildman–Crippen MR) is 121 cm³/mol. The number of aromatic nitrogens is 2. The summed E-state index contributed by atoms with van der Waals surface area (Å²) in [5.41, 5.74) is 4.91. The van der Waals surface area contributed by atoms with Crippen LogP contribution in [-0.4, -0.2) is 43.1 Å². The van der Waals surface area contributed by atoms with Gasteiger partial charge in [0.25, 0.3) is 0 Å². The number of hydrogen-bond acceptors (Lipinski definition) is 4. The Bertz CT molecular complexity index is 1220. The van der Waals surface area contributed by atoms with Crippen LogP contribution < -0.4 is 14.9 Å². The molecule has 4 rings (SSSR count). The van der Waals surface area contributed by atoms with Gasteiger partial charge in [-0.15, -0.1) is 0 Å². The molecular formula is C22H25N5O3S. The van der Waals surface area contributed by atoms with Gasteiger partial charge in [-0.2, -0.15) is 5.10 Å². The van der Waals surface area contributed by atoms with Crippen LogP contribution in [0.4, 0.5) is 16.2 Å². The number of anilines is 2. The number of carbonyl (C=O) groups is 1. The third kappa shape index (κ3) is 4.41. The average molecular weight is 440 g/mol. The third-order valence-corrected chi connectivity index (χ3v) is 6.99. The van der Waals surface area contributed by atoms with Crippen molar-refractivity contribution in [2.24, 2.45) is 0 Å². The van der Waals surface area contributed by atoms with Crippen molar-refractivity contribution in [3.05, 3.63) is 71.5 Å². The molecule has 0 radical (unpaired) electrons. The number of fused-ring (bicyclic) bond motifs is 1. The maximum atomic E-state index is 12.8. The van der Waals surface area contributed by atoms with E-state index in [1.807, 2.05) is 62.4 Å². The predicted octanol–water partition coefficient (Wildman–Crippen LogP) is 3.00. The number of para-hydroxylation sites is 3. The molecule has 0 aliphatic carbocycles. The number of carbonyl (C=O) groups excluding carboxylic acids is 1. The summed E-state index contributed by atoms with van der Waals surface area (Å²) in [7, 11) is -3.52. The standard InChI is InChI=1S/C22H25N5O3S/c1-16-15-17(2)27(25-16)21-10-6-4-8-19(21)24-22(28)23-12-14-31(29,30)26-13-11-18-7-3-5-9-20(18)26/h3-10,15H,11-14H2,1-2H3,(H2,23,24,28). The summed E-state index contributed by atoms with van der Waals surface area (Å²) in [5.74, 6) is -0.173. The zero-order chi connectivity index (χ0) is 22.0. The molecule has 0 fully saturated rings. The Hall–Kier alpha value is -3.33. The van der Waals surface area contributed by atoms with Crippen LogP contribution in [0, 0.1) is 13.8 Å². The minimum Gasteiger partial charge on any atom is -0.337 e. The van der Waals surface area contributed by atoms with Crippen molar-refractivity contribution >= 4 is 27.4 Å². The molecule has 8 nitrogen and oxygen atoms in total. The highest BCUT2D eigenvalue weighted by atomic mass is 32.2. The zero-order valence-electron chi connectivity index (χ0n) is 17.5. The van der Waals surface area contributed by atoms with Crippen LogP contribution in [0.3, 0.4) is 0 Å². The van der Waals surface area contributed by atoms with Crippen molar-refractivity contribution in [1.82, 2.24) is 15.1 Å². The fourth-order valence-electron chi connectivity index (χ4n) is 3.80. The van der Waals surface area contributed by atoms with E-state index in [0.717, 1.165) is 28.3 Å².